The molecule has 19 heavy (non-hydrogen) atoms. The van der Waals surface area contributed by atoms with Crippen molar-refractivity contribution in [3.63, 3.8) is 0 Å². The van der Waals surface area contributed by atoms with Gasteiger partial charge in [-0.05, 0) is 11.8 Å². The van der Waals surface area contributed by atoms with E-state index in [-0.39, 0.29) is 5.69 Å². The van der Waals surface area contributed by atoms with Gasteiger partial charge >= 0.3 is 0 Å². The van der Waals surface area contributed by atoms with Crippen molar-refractivity contribution in [1.29, 1.82) is 0 Å². The Morgan fingerprint density at radius 2 is 2.00 bits per heavy atom. The number of nitro benzene ring substituents is 1. The third-order valence-corrected chi connectivity index (χ3v) is 3.65. The summed E-state index contributed by atoms with van der Waals surface area (Å²) in [7, 11) is 0. The molecule has 0 saturated heterocycles. The van der Waals surface area contributed by atoms with Gasteiger partial charge in [0, 0.05) is 17.9 Å². The van der Waals surface area contributed by atoms with Gasteiger partial charge in [0.25, 0.3) is 10.9 Å². The average Bonchev–Trinajstić information content (AvgIpc) is 2.85. The molecule has 0 spiro atoms. The molecule has 0 fully saturated rings. The lowest BCUT2D eigenvalue weighted by molar-refractivity contribution is -0.384. The van der Waals surface area contributed by atoms with Crippen molar-refractivity contribution in [2.24, 2.45) is 0 Å². The summed E-state index contributed by atoms with van der Waals surface area (Å²) >= 11 is 3.03. The van der Waals surface area contributed by atoms with Gasteiger partial charge in [-0.15, -0.1) is 10.2 Å². The van der Waals surface area contributed by atoms with Gasteiger partial charge in [0.1, 0.15) is 0 Å². The van der Waals surface area contributed by atoms with E-state index in [2.05, 4.69) is 10.2 Å². The first kappa shape index (κ1) is 13.9. The summed E-state index contributed by atoms with van der Waals surface area (Å²) in [6.07, 6.45) is 1.97. The summed E-state index contributed by atoms with van der Waals surface area (Å²) in [6.45, 7) is 0. The van der Waals surface area contributed by atoms with Crippen LogP contribution in [-0.2, 0) is 11.5 Å². The van der Waals surface area contributed by atoms with Crippen LogP contribution in [0.2, 0.25) is 0 Å². The van der Waals surface area contributed by atoms with Crippen molar-refractivity contribution in [3.05, 3.63) is 45.8 Å². The molecule has 0 N–H and O–H groups in total. The topological polar surface area (TPSA) is 82.1 Å². The number of hydrogen-bond donors (Lipinski definition) is 0. The molecule has 2 rings (SSSR count). The Kier molecular flexibility index (Phi) is 4.80. The highest BCUT2D eigenvalue weighted by atomic mass is 32.2. The van der Waals surface area contributed by atoms with Crippen molar-refractivity contribution in [2.75, 3.05) is 6.26 Å². The average molecular weight is 297 g/mol. The Bertz CT molecular complexity index is 557. The van der Waals surface area contributed by atoms with Gasteiger partial charge in [0.15, 0.2) is 0 Å². The number of aromatic nitrogens is 2. The van der Waals surface area contributed by atoms with E-state index in [0.717, 1.165) is 5.56 Å². The van der Waals surface area contributed by atoms with Crippen LogP contribution in [0.3, 0.4) is 0 Å². The van der Waals surface area contributed by atoms with E-state index in [9.17, 15) is 10.1 Å². The Morgan fingerprint density at radius 1 is 1.26 bits per heavy atom. The van der Waals surface area contributed by atoms with E-state index in [1.165, 1.54) is 23.9 Å². The fourth-order valence-electron chi connectivity index (χ4n) is 1.34. The molecule has 2 aromatic rings. The molecule has 6 nitrogen and oxygen atoms in total. The molecule has 1 aromatic heterocycles. The van der Waals surface area contributed by atoms with Crippen LogP contribution in [0.5, 0.6) is 0 Å². The molecule has 8 heteroatoms. The van der Waals surface area contributed by atoms with Crippen LogP contribution in [0.15, 0.2) is 33.9 Å². The Morgan fingerprint density at radius 3 is 2.63 bits per heavy atom. The molecular formula is C11H11N3O3S2. The molecule has 100 valence electrons. The van der Waals surface area contributed by atoms with E-state index >= 15 is 0 Å². The first-order valence-corrected chi connectivity index (χ1v) is 7.74. The van der Waals surface area contributed by atoms with Crippen LogP contribution >= 0.6 is 23.5 Å². The van der Waals surface area contributed by atoms with Gasteiger partial charge in [0.05, 0.1) is 10.7 Å². The zero-order chi connectivity index (χ0) is 13.7. The number of thioether (sulfide) groups is 2. The molecule has 0 unspecified atom stereocenters. The number of benzene rings is 1. The summed E-state index contributed by atoms with van der Waals surface area (Å²) < 4.78 is 5.42. The molecule has 0 bridgehead atoms. The van der Waals surface area contributed by atoms with Crippen LogP contribution in [0.25, 0.3) is 0 Å². The smallest absolute Gasteiger partial charge is 0.276 e. The molecule has 0 radical (unpaired) electrons. The molecule has 0 amide bonds. The van der Waals surface area contributed by atoms with Crippen LogP contribution < -0.4 is 0 Å². The van der Waals surface area contributed by atoms with Gasteiger partial charge in [-0.1, -0.05) is 23.9 Å². The molecule has 0 aliphatic carbocycles. The van der Waals surface area contributed by atoms with Crippen molar-refractivity contribution >= 4 is 29.2 Å². The van der Waals surface area contributed by atoms with Crippen molar-refractivity contribution in [2.45, 2.75) is 16.7 Å². The summed E-state index contributed by atoms with van der Waals surface area (Å²) in [6, 6.07) is 6.43. The minimum atomic E-state index is -0.413. The largest absolute Gasteiger partial charge is 0.415 e. The maximum absolute atomic E-state index is 10.5. The maximum atomic E-state index is 10.5. The second-order valence-electron chi connectivity index (χ2n) is 3.61. The molecule has 0 saturated carbocycles. The number of hydrogen-bond acceptors (Lipinski definition) is 7. The van der Waals surface area contributed by atoms with E-state index < -0.39 is 4.92 Å². The second-order valence-corrected chi connectivity index (χ2v) is 5.40. The Hall–Kier alpha value is -1.54. The lowest BCUT2D eigenvalue weighted by atomic mass is 10.2. The Balaban J connectivity index is 1.92. The highest BCUT2D eigenvalue weighted by Crippen LogP contribution is 2.23. The van der Waals surface area contributed by atoms with Crippen LogP contribution in [0.1, 0.15) is 11.5 Å². The molecule has 0 atom stereocenters. The third kappa shape index (κ3) is 3.97. The zero-order valence-electron chi connectivity index (χ0n) is 10.1. The monoisotopic (exact) mass is 297 g/mol. The van der Waals surface area contributed by atoms with Crippen LogP contribution in [0, 0.1) is 10.1 Å². The number of nitrogens with zero attached hydrogens (tertiary/aromatic N) is 3. The van der Waals surface area contributed by atoms with Crippen LogP contribution in [-0.4, -0.2) is 21.4 Å². The third-order valence-electron chi connectivity index (χ3n) is 2.23. The molecular weight excluding hydrogens is 286 g/mol. The lowest BCUT2D eigenvalue weighted by Gasteiger charge is -1.97. The number of rotatable bonds is 6. The maximum Gasteiger partial charge on any atom is 0.276 e. The number of non-ortho nitro benzene ring substituents is 1. The fraction of sp³-hybridized carbons (Fsp3) is 0.273. The minimum Gasteiger partial charge on any atom is -0.415 e. The van der Waals surface area contributed by atoms with Gasteiger partial charge < -0.3 is 4.42 Å². The SMILES string of the molecule is CSCc1nnc(SCc2ccc([N+](=O)[O-])cc2)o1. The first-order chi connectivity index (χ1) is 9.19. The van der Waals surface area contributed by atoms with Crippen molar-refractivity contribution in [3.8, 4) is 0 Å². The normalized spacial score (nSPS) is 10.6. The highest BCUT2D eigenvalue weighted by Gasteiger charge is 2.08. The quantitative estimate of drug-likeness (QED) is 0.460. The van der Waals surface area contributed by atoms with Crippen molar-refractivity contribution in [1.82, 2.24) is 10.2 Å². The van der Waals surface area contributed by atoms with E-state index in [0.29, 0.717) is 22.6 Å². The van der Waals surface area contributed by atoms with E-state index in [1.807, 2.05) is 6.26 Å². The fourth-order valence-corrected chi connectivity index (χ4v) is 2.44. The van der Waals surface area contributed by atoms with Gasteiger partial charge in [0.2, 0.25) is 5.89 Å². The molecule has 1 heterocycles. The lowest BCUT2D eigenvalue weighted by Crippen LogP contribution is -1.88. The van der Waals surface area contributed by atoms with Crippen molar-refractivity contribution < 1.29 is 9.34 Å². The van der Waals surface area contributed by atoms with Gasteiger partial charge in [-0.2, -0.15) is 11.8 Å². The Labute approximate surface area is 118 Å². The number of nitro groups is 1. The first-order valence-electron chi connectivity index (χ1n) is 5.36. The minimum absolute atomic E-state index is 0.0915. The zero-order valence-corrected chi connectivity index (χ0v) is 11.7. The predicted molar refractivity (Wildman–Crippen MR) is 74.2 cm³/mol. The van der Waals surface area contributed by atoms with E-state index in [4.69, 9.17) is 4.42 Å². The molecule has 0 aliphatic heterocycles. The van der Waals surface area contributed by atoms with Gasteiger partial charge in [-0.25, -0.2) is 0 Å². The highest BCUT2D eigenvalue weighted by molar-refractivity contribution is 7.98. The summed E-state index contributed by atoms with van der Waals surface area (Å²) in [5.74, 6) is 1.95. The standard InChI is InChI=1S/C11H11N3O3S2/c1-18-7-10-12-13-11(17-10)19-6-8-2-4-9(5-3-8)14(15)16/h2-5H,6-7H2,1H3. The van der Waals surface area contributed by atoms with Gasteiger partial charge in [-0.3, -0.25) is 10.1 Å². The summed E-state index contributed by atoms with van der Waals surface area (Å²) in [5, 5.41) is 18.9. The predicted octanol–water partition coefficient (Wildman–Crippen LogP) is 3.13. The molecule has 0 aliphatic rings. The molecule has 1 aromatic carbocycles. The van der Waals surface area contributed by atoms with Crippen LogP contribution in [0.4, 0.5) is 5.69 Å². The van der Waals surface area contributed by atoms with E-state index in [1.54, 1.807) is 23.9 Å². The summed E-state index contributed by atoms with van der Waals surface area (Å²) in [5.41, 5.74) is 1.06. The second kappa shape index (κ2) is 6.58. The summed E-state index contributed by atoms with van der Waals surface area (Å²) in [4.78, 5) is 10.1.